The van der Waals surface area contributed by atoms with Gasteiger partial charge in [0.15, 0.2) is 0 Å². The molecule has 1 aromatic carbocycles. The summed E-state index contributed by atoms with van der Waals surface area (Å²) in [6.45, 7) is 0. The predicted molar refractivity (Wildman–Crippen MR) is 98.8 cm³/mol. The van der Waals surface area contributed by atoms with Gasteiger partial charge in [0.2, 0.25) is 11.8 Å². The van der Waals surface area contributed by atoms with Gasteiger partial charge in [-0.3, -0.25) is 4.79 Å². The van der Waals surface area contributed by atoms with Crippen molar-refractivity contribution in [1.82, 2.24) is 14.9 Å². The van der Waals surface area contributed by atoms with Crippen LogP contribution in [0.5, 0.6) is 11.8 Å². The van der Waals surface area contributed by atoms with E-state index in [0.29, 0.717) is 0 Å². The minimum absolute atomic E-state index is 0.0547. The van der Waals surface area contributed by atoms with Gasteiger partial charge in [0.05, 0.1) is 25.8 Å². The second-order valence-electron chi connectivity index (χ2n) is 5.56. The predicted octanol–water partition coefficient (Wildman–Crippen LogP) is 0.470. The zero-order chi connectivity index (χ0) is 21.1. The molecule has 0 aliphatic rings. The molecule has 0 atom stereocenters. The minimum Gasteiger partial charge on any atom is -0.481 e. The Morgan fingerprint density at radius 2 is 1.57 bits per heavy atom. The van der Waals surface area contributed by atoms with Crippen molar-refractivity contribution in [2.24, 2.45) is 5.73 Å². The van der Waals surface area contributed by atoms with Crippen LogP contribution >= 0.6 is 0 Å². The number of urea groups is 1. The summed E-state index contributed by atoms with van der Waals surface area (Å²) in [5.74, 6) is -1.27. The van der Waals surface area contributed by atoms with Crippen molar-refractivity contribution in [3.05, 3.63) is 35.9 Å². The second-order valence-corrected chi connectivity index (χ2v) is 7.31. The highest BCUT2D eigenvalue weighted by molar-refractivity contribution is 7.93. The van der Waals surface area contributed by atoms with Gasteiger partial charge in [-0.15, -0.1) is 4.31 Å². The van der Waals surface area contributed by atoms with E-state index in [1.165, 1.54) is 63.5 Å². The van der Waals surface area contributed by atoms with Gasteiger partial charge in [-0.1, -0.05) is 12.1 Å². The maximum absolute atomic E-state index is 13.2. The molecule has 1 aromatic heterocycles. The van der Waals surface area contributed by atoms with Gasteiger partial charge in [-0.05, 0) is 12.1 Å². The van der Waals surface area contributed by atoms with Crippen LogP contribution in [-0.4, -0.2) is 63.5 Å². The van der Waals surface area contributed by atoms with Crippen LogP contribution in [0.15, 0.2) is 35.2 Å². The summed E-state index contributed by atoms with van der Waals surface area (Å²) in [5.41, 5.74) is 5.17. The fraction of sp³-hybridized carbons (Fsp3) is 0.250. The third-order valence-electron chi connectivity index (χ3n) is 3.51. The summed E-state index contributed by atoms with van der Waals surface area (Å²) in [5, 5.41) is 0. The molecule has 1 heterocycles. The molecule has 11 nitrogen and oxygen atoms in total. The van der Waals surface area contributed by atoms with Crippen molar-refractivity contribution in [2.45, 2.75) is 4.90 Å². The average Bonchev–Trinajstić information content (AvgIpc) is 2.66. The first-order valence-electron chi connectivity index (χ1n) is 7.76. The molecule has 2 aromatic rings. The van der Waals surface area contributed by atoms with Crippen molar-refractivity contribution >= 4 is 27.9 Å². The summed E-state index contributed by atoms with van der Waals surface area (Å²) in [6, 6.07) is 5.32. The van der Waals surface area contributed by atoms with Gasteiger partial charge in [-0.2, -0.15) is 9.97 Å². The van der Waals surface area contributed by atoms with Crippen molar-refractivity contribution < 1.29 is 27.5 Å². The number of ether oxygens (including phenoxy) is 2. The summed E-state index contributed by atoms with van der Waals surface area (Å²) in [4.78, 5) is 32.9. The molecule has 0 bridgehead atoms. The van der Waals surface area contributed by atoms with Crippen LogP contribution in [-0.2, 0) is 10.0 Å². The number of carbonyl (C=O) groups is 2. The smallest absolute Gasteiger partial charge is 0.336 e. The van der Waals surface area contributed by atoms with Crippen LogP contribution in [0.3, 0.4) is 0 Å². The number of sulfonamides is 1. The van der Waals surface area contributed by atoms with Crippen LogP contribution in [0.25, 0.3) is 0 Å². The standard InChI is InChI=1S/C16H19N5O6S/c1-20(2)14(22)10-7-5-6-8-11(10)28(24,25)21(15(17)23)16-18-12(26-3)9-13(19-16)27-4/h5-9H,1-4H3,(H2,17,23). The molecule has 28 heavy (non-hydrogen) atoms. The van der Waals surface area contributed by atoms with Crippen LogP contribution in [0.1, 0.15) is 10.4 Å². The Kier molecular flexibility index (Phi) is 6.03. The zero-order valence-corrected chi connectivity index (χ0v) is 16.4. The van der Waals surface area contributed by atoms with E-state index in [1.54, 1.807) is 0 Å². The van der Waals surface area contributed by atoms with E-state index in [1.807, 2.05) is 0 Å². The fourth-order valence-electron chi connectivity index (χ4n) is 2.22. The van der Waals surface area contributed by atoms with Crippen LogP contribution in [0.4, 0.5) is 10.7 Å². The van der Waals surface area contributed by atoms with Gasteiger partial charge < -0.3 is 20.1 Å². The lowest BCUT2D eigenvalue weighted by molar-refractivity contribution is 0.0824. The van der Waals surface area contributed by atoms with E-state index in [4.69, 9.17) is 15.2 Å². The lowest BCUT2D eigenvalue weighted by Crippen LogP contribution is -2.42. The largest absolute Gasteiger partial charge is 0.481 e. The number of nitrogens with zero attached hydrogens (tertiary/aromatic N) is 4. The number of carbonyl (C=O) groups excluding carboxylic acids is 2. The van der Waals surface area contributed by atoms with E-state index in [-0.39, 0.29) is 21.6 Å². The molecular formula is C16H19N5O6S. The van der Waals surface area contributed by atoms with Crippen LogP contribution < -0.4 is 19.5 Å². The molecule has 0 aliphatic heterocycles. The maximum Gasteiger partial charge on any atom is 0.336 e. The summed E-state index contributed by atoms with van der Waals surface area (Å²) < 4.78 is 36.6. The molecule has 12 heteroatoms. The van der Waals surface area contributed by atoms with Crippen molar-refractivity contribution in [3.63, 3.8) is 0 Å². The third-order valence-corrected chi connectivity index (χ3v) is 5.25. The first kappa shape index (κ1) is 20.9. The number of methoxy groups -OCH3 is 2. The number of primary amides is 1. The topological polar surface area (TPSA) is 145 Å². The number of hydrogen-bond donors (Lipinski definition) is 1. The Morgan fingerprint density at radius 1 is 1.04 bits per heavy atom. The number of amides is 3. The van der Waals surface area contributed by atoms with Crippen LogP contribution in [0, 0.1) is 0 Å². The monoisotopic (exact) mass is 409 g/mol. The summed E-state index contributed by atoms with van der Waals surface area (Å²) >= 11 is 0. The molecule has 0 unspecified atom stereocenters. The van der Waals surface area contributed by atoms with Crippen molar-refractivity contribution in [1.29, 1.82) is 0 Å². The first-order valence-corrected chi connectivity index (χ1v) is 9.20. The number of nitrogens with two attached hydrogens (primary N) is 1. The van der Waals surface area contributed by atoms with E-state index >= 15 is 0 Å². The second kappa shape index (κ2) is 8.08. The van der Waals surface area contributed by atoms with Crippen molar-refractivity contribution in [2.75, 3.05) is 32.6 Å². The Bertz CT molecular complexity index is 986. The number of hydrogen-bond acceptors (Lipinski definition) is 8. The van der Waals surface area contributed by atoms with Gasteiger partial charge in [0.1, 0.15) is 4.90 Å². The van der Waals surface area contributed by atoms with Gasteiger partial charge in [0.25, 0.3) is 21.9 Å². The number of aromatic nitrogens is 2. The van der Waals surface area contributed by atoms with E-state index in [9.17, 15) is 18.0 Å². The molecule has 0 fully saturated rings. The molecule has 2 rings (SSSR count). The first-order chi connectivity index (χ1) is 13.1. The summed E-state index contributed by atoms with van der Waals surface area (Å²) in [6.07, 6.45) is 0. The minimum atomic E-state index is -4.64. The Labute approximate surface area is 161 Å². The molecule has 2 N–H and O–H groups in total. The van der Waals surface area contributed by atoms with E-state index < -0.39 is 32.8 Å². The molecule has 0 aliphatic carbocycles. The molecule has 0 spiro atoms. The molecule has 3 amide bonds. The quantitative estimate of drug-likeness (QED) is 0.725. The number of rotatable bonds is 6. The van der Waals surface area contributed by atoms with Gasteiger partial charge in [0, 0.05) is 14.1 Å². The van der Waals surface area contributed by atoms with Crippen molar-refractivity contribution in [3.8, 4) is 11.8 Å². The number of anilines is 1. The summed E-state index contributed by atoms with van der Waals surface area (Å²) in [7, 11) is 0.877. The Hall–Kier alpha value is -3.41. The lowest BCUT2D eigenvalue weighted by atomic mass is 10.2. The SMILES string of the molecule is COc1cc(OC)nc(N(C(N)=O)S(=O)(=O)c2ccccc2C(=O)N(C)C)n1. The molecular weight excluding hydrogens is 390 g/mol. The highest BCUT2D eigenvalue weighted by Gasteiger charge is 2.35. The molecule has 0 radical (unpaired) electrons. The molecule has 0 saturated carbocycles. The molecule has 150 valence electrons. The molecule has 0 saturated heterocycles. The average molecular weight is 409 g/mol. The Morgan fingerprint density at radius 3 is 2.04 bits per heavy atom. The highest BCUT2D eigenvalue weighted by atomic mass is 32.2. The van der Waals surface area contributed by atoms with Gasteiger partial charge in [-0.25, -0.2) is 13.2 Å². The lowest BCUT2D eigenvalue weighted by Gasteiger charge is -2.21. The zero-order valence-electron chi connectivity index (χ0n) is 15.6. The maximum atomic E-state index is 13.2. The highest BCUT2D eigenvalue weighted by Crippen LogP contribution is 2.27. The van der Waals surface area contributed by atoms with E-state index in [2.05, 4.69) is 9.97 Å². The number of benzene rings is 1. The fourth-order valence-corrected chi connectivity index (χ4v) is 3.64. The van der Waals surface area contributed by atoms with Crippen LogP contribution in [0.2, 0.25) is 0 Å². The van der Waals surface area contributed by atoms with E-state index in [0.717, 1.165) is 0 Å². The third kappa shape index (κ3) is 3.96. The van der Waals surface area contributed by atoms with Gasteiger partial charge >= 0.3 is 6.03 Å². The Balaban J connectivity index is 2.72. The normalized spacial score (nSPS) is 10.9.